The number of rotatable bonds is 9. The molecule has 2 saturated heterocycles. The van der Waals surface area contributed by atoms with Crippen molar-refractivity contribution in [1.82, 2.24) is 0 Å². The summed E-state index contributed by atoms with van der Waals surface area (Å²) in [5.74, 6) is 0.607. The van der Waals surface area contributed by atoms with E-state index >= 15 is 0 Å². The normalized spacial score (nSPS) is 23.7. The first-order valence-electron chi connectivity index (χ1n) is 29.3. The molecule has 5 atom stereocenters. The standard InChI is InChI=1S/C27H48O4.C18H34O2.2C11H24/c1-24(2,3)21-14-10-12-15-30-22(28)26(7,19-21)17-20-13-9-11-16-31-23(29)27(8,18-20)25(4,5)6;1-9-10-11-12-13-20-15(19)18(8,17(5,6)7)14-16(2,3)4;2*1-9(2,3)11(7,8)10(4,5)6/h20-21H,9-19H2,1-8H3;9H,1,10-14H2,2-8H3;2*1-8H3. The smallest absolute Gasteiger partial charge is 0.312 e. The predicted molar refractivity (Wildman–Crippen MR) is 318 cm³/mol. The molecule has 0 aromatic heterocycles. The molecule has 0 saturated carbocycles. The van der Waals surface area contributed by atoms with E-state index in [1.54, 1.807) is 0 Å². The molecule has 0 radical (unpaired) electrons. The second-order valence-corrected chi connectivity index (χ2v) is 33.4. The minimum atomic E-state index is -0.565. The van der Waals surface area contributed by atoms with Gasteiger partial charge in [-0.15, -0.1) is 6.58 Å². The number of hydrogen-bond donors (Lipinski definition) is 0. The van der Waals surface area contributed by atoms with Gasteiger partial charge in [0.15, 0.2) is 0 Å². The van der Waals surface area contributed by atoms with Gasteiger partial charge in [-0.05, 0) is 164 Å². The third-order valence-electron chi connectivity index (χ3n) is 19.9. The topological polar surface area (TPSA) is 78.9 Å². The minimum Gasteiger partial charge on any atom is -0.465 e. The van der Waals surface area contributed by atoms with Crippen LogP contribution in [0, 0.1) is 82.2 Å². The molecular formula is C67H130O6. The number of carbonyl (C=O) groups is 3. The van der Waals surface area contributed by atoms with Gasteiger partial charge in [0.25, 0.3) is 0 Å². The van der Waals surface area contributed by atoms with Gasteiger partial charge in [-0.1, -0.05) is 206 Å². The van der Waals surface area contributed by atoms with E-state index in [-0.39, 0.29) is 39.6 Å². The number of esters is 3. The van der Waals surface area contributed by atoms with Gasteiger partial charge in [0.05, 0.1) is 36.1 Å². The summed E-state index contributed by atoms with van der Waals surface area (Å²) in [6.45, 7) is 74.9. The van der Waals surface area contributed by atoms with Crippen LogP contribution in [0.15, 0.2) is 12.7 Å². The van der Waals surface area contributed by atoms with Crippen LogP contribution in [-0.4, -0.2) is 37.7 Å². The molecular weight excluding hydrogens is 901 g/mol. The number of carbonyl (C=O) groups excluding carboxylic acids is 3. The van der Waals surface area contributed by atoms with E-state index in [4.69, 9.17) is 14.2 Å². The minimum absolute atomic E-state index is 0.0384. The van der Waals surface area contributed by atoms with E-state index in [0.717, 1.165) is 83.5 Å². The highest BCUT2D eigenvalue weighted by atomic mass is 16.5. The van der Waals surface area contributed by atoms with Crippen LogP contribution in [0.4, 0.5) is 0 Å². The van der Waals surface area contributed by atoms with E-state index in [0.29, 0.717) is 64.1 Å². The average Bonchev–Trinajstić information content (AvgIpc) is 3.28. The van der Waals surface area contributed by atoms with E-state index < -0.39 is 16.2 Å². The van der Waals surface area contributed by atoms with Crippen LogP contribution < -0.4 is 0 Å². The van der Waals surface area contributed by atoms with Gasteiger partial charge in [0.1, 0.15) is 0 Å². The lowest BCUT2D eigenvalue weighted by Crippen LogP contribution is -2.44. The van der Waals surface area contributed by atoms with Crippen molar-refractivity contribution in [2.75, 3.05) is 19.8 Å². The maximum Gasteiger partial charge on any atom is 0.312 e. The van der Waals surface area contributed by atoms with Crippen molar-refractivity contribution in [3.8, 4) is 0 Å². The number of cyclic esters (lactones) is 2. The molecule has 0 aromatic rings. The van der Waals surface area contributed by atoms with Crippen molar-refractivity contribution in [1.29, 1.82) is 0 Å². The molecule has 5 unspecified atom stereocenters. The van der Waals surface area contributed by atoms with E-state index in [1.165, 1.54) is 0 Å². The van der Waals surface area contributed by atoms with Crippen molar-refractivity contribution in [3.63, 3.8) is 0 Å². The summed E-state index contributed by atoms with van der Waals surface area (Å²) in [6, 6.07) is 0. The maximum atomic E-state index is 13.3. The summed E-state index contributed by atoms with van der Waals surface area (Å²) in [7, 11) is 0. The molecule has 0 amide bonds. The second kappa shape index (κ2) is 27.2. The molecule has 0 spiro atoms. The van der Waals surface area contributed by atoms with Crippen LogP contribution in [-0.2, 0) is 28.6 Å². The first kappa shape index (κ1) is 73.2. The first-order chi connectivity index (χ1) is 32.1. The summed E-state index contributed by atoms with van der Waals surface area (Å²) >= 11 is 0. The van der Waals surface area contributed by atoms with Crippen molar-refractivity contribution < 1.29 is 28.6 Å². The van der Waals surface area contributed by atoms with Crippen molar-refractivity contribution in [2.45, 2.75) is 298 Å². The summed E-state index contributed by atoms with van der Waals surface area (Å²) in [5.41, 5.74) is 0.682. The highest BCUT2D eigenvalue weighted by Gasteiger charge is 2.51. The fourth-order valence-electron chi connectivity index (χ4n) is 10.2. The highest BCUT2D eigenvalue weighted by Crippen LogP contribution is 2.53. The fourth-order valence-corrected chi connectivity index (χ4v) is 10.2. The Bertz CT molecular complexity index is 1590. The Labute approximate surface area is 457 Å². The molecule has 6 heteroatoms. The van der Waals surface area contributed by atoms with Crippen LogP contribution in [0.1, 0.15) is 298 Å². The number of allylic oxidation sites excluding steroid dienone is 1. The molecule has 2 aliphatic heterocycles. The van der Waals surface area contributed by atoms with Gasteiger partial charge in [-0.25, -0.2) is 0 Å². The molecule has 434 valence electrons. The van der Waals surface area contributed by atoms with Gasteiger partial charge in [0.2, 0.25) is 0 Å². The third kappa shape index (κ3) is 22.6. The Balaban J connectivity index is 0. The number of hydrogen-bond acceptors (Lipinski definition) is 6. The van der Waals surface area contributed by atoms with Gasteiger partial charge < -0.3 is 14.2 Å². The van der Waals surface area contributed by atoms with Crippen LogP contribution >= 0.6 is 0 Å². The van der Waals surface area contributed by atoms with Crippen molar-refractivity contribution >= 4 is 17.9 Å². The van der Waals surface area contributed by atoms with Gasteiger partial charge in [-0.3, -0.25) is 14.4 Å². The van der Waals surface area contributed by atoms with Crippen molar-refractivity contribution in [2.24, 2.45) is 82.2 Å². The molecule has 2 aliphatic rings. The average molecular weight is 1030 g/mol. The van der Waals surface area contributed by atoms with E-state index in [1.807, 2.05) is 13.0 Å². The first-order valence-corrected chi connectivity index (χ1v) is 29.3. The fraction of sp³-hybridized carbons (Fsp3) is 0.925. The van der Waals surface area contributed by atoms with E-state index in [9.17, 15) is 14.4 Å². The summed E-state index contributed by atoms with van der Waals surface area (Å²) in [5, 5.41) is 0. The van der Waals surface area contributed by atoms with Crippen LogP contribution in [0.5, 0.6) is 0 Å². The van der Waals surface area contributed by atoms with Gasteiger partial charge in [-0.2, -0.15) is 0 Å². The third-order valence-corrected chi connectivity index (χ3v) is 19.9. The van der Waals surface area contributed by atoms with Crippen LogP contribution in [0.25, 0.3) is 0 Å². The monoisotopic (exact) mass is 1030 g/mol. The number of ether oxygens (including phenoxy) is 3. The highest BCUT2D eigenvalue weighted by molar-refractivity contribution is 5.78. The number of unbranched alkanes of at least 4 members (excludes halogenated alkanes) is 2. The summed E-state index contributed by atoms with van der Waals surface area (Å²) < 4.78 is 17.0. The SMILES string of the molecule is C=CCCCCOC(=O)C(C)(CC(C)(C)C)C(C)(C)C.CC(C)(C)C(C)(C)C(C)(C)C.CC(C)(C)C(C)(C)C(C)(C)C.CC1(CC2CCCCOC(=O)C(C)(C(C)(C)C)C2)CC(C(C)(C)C)CCCCOC1=O. The van der Waals surface area contributed by atoms with E-state index in [2.05, 4.69) is 214 Å². The van der Waals surface area contributed by atoms with Crippen molar-refractivity contribution in [3.05, 3.63) is 12.7 Å². The Morgan fingerprint density at radius 3 is 1.33 bits per heavy atom. The molecule has 73 heavy (non-hydrogen) atoms. The van der Waals surface area contributed by atoms with Crippen LogP contribution in [0.2, 0.25) is 0 Å². The lowest BCUT2D eigenvalue weighted by molar-refractivity contribution is -0.165. The van der Waals surface area contributed by atoms with Gasteiger partial charge in [0, 0.05) is 0 Å². The lowest BCUT2D eigenvalue weighted by Gasteiger charge is -2.49. The zero-order valence-corrected chi connectivity index (χ0v) is 55.2. The zero-order chi connectivity index (χ0) is 58.5. The molecule has 2 rings (SSSR count). The Kier molecular flexibility index (Phi) is 27.2. The Morgan fingerprint density at radius 1 is 0.575 bits per heavy atom. The molecule has 0 N–H and O–H groups in total. The quantitative estimate of drug-likeness (QED) is 0.0991. The molecule has 0 aliphatic carbocycles. The zero-order valence-electron chi connectivity index (χ0n) is 55.2. The maximum absolute atomic E-state index is 13.3. The molecule has 0 aromatic carbocycles. The largest absolute Gasteiger partial charge is 0.465 e. The Morgan fingerprint density at radius 2 is 0.986 bits per heavy atom. The molecule has 2 fully saturated rings. The lowest BCUT2D eigenvalue weighted by atomic mass is 9.56. The van der Waals surface area contributed by atoms with Crippen LogP contribution in [0.3, 0.4) is 0 Å². The predicted octanol–water partition coefficient (Wildman–Crippen LogP) is 20.5. The Hall–Kier alpha value is -1.85. The van der Waals surface area contributed by atoms with Gasteiger partial charge >= 0.3 is 17.9 Å². The molecule has 0 bridgehead atoms. The molecule has 2 heterocycles. The summed E-state index contributed by atoms with van der Waals surface area (Å²) in [6.07, 6.45) is 14.2. The summed E-state index contributed by atoms with van der Waals surface area (Å²) in [4.78, 5) is 39.0. The second-order valence-electron chi connectivity index (χ2n) is 33.4. The molecule has 6 nitrogen and oxygen atoms in total.